The van der Waals surface area contributed by atoms with E-state index >= 15 is 0 Å². The van der Waals surface area contributed by atoms with E-state index in [0.29, 0.717) is 0 Å². The highest BCUT2D eigenvalue weighted by molar-refractivity contribution is 9.27. The van der Waals surface area contributed by atoms with Crippen LogP contribution in [0.3, 0.4) is 0 Å². The second-order valence-electron chi connectivity index (χ2n) is 17.3. The third-order valence-corrected chi connectivity index (χ3v) is 33.4. The maximum Gasteiger partial charge on any atom is 0.149 e. The number of ketones is 4. The normalized spacial score (nSPS) is 30.4. The lowest BCUT2D eigenvalue weighted by Gasteiger charge is -2.61. The van der Waals surface area contributed by atoms with E-state index in [1.54, 1.807) is 0 Å². The SMILES string of the molecule is CC1(C)C(=O)C(C)(C)C1(Cl)SSSSC1(Cl)C(C)(C)C(=O)C1(C)C.CC1(C)C(=O)C(C)(C)C1(Cl)SSSSC1(Cl)C(C)(C)C(=O)C1(C)C. The van der Waals surface area contributed by atoms with Gasteiger partial charge < -0.3 is 0 Å². The molecule has 0 aromatic rings. The monoisotopic (exact) mass is 892 g/mol. The molecule has 0 bridgehead atoms. The predicted molar refractivity (Wildman–Crippen MR) is 225 cm³/mol. The van der Waals surface area contributed by atoms with Crippen molar-refractivity contribution in [3.05, 3.63) is 0 Å². The Morgan fingerprint density at radius 1 is 0.292 bits per heavy atom. The van der Waals surface area contributed by atoms with E-state index in [1.807, 2.05) is 111 Å². The summed E-state index contributed by atoms with van der Waals surface area (Å²) < 4.78 is -2.63. The Kier molecular flexibility index (Phi) is 12.3. The van der Waals surface area contributed by atoms with E-state index in [4.69, 9.17) is 46.4 Å². The van der Waals surface area contributed by atoms with Gasteiger partial charge in [-0.1, -0.05) is 154 Å². The number of carbonyl (C=O) groups excluding carboxylic acids is 4. The summed E-state index contributed by atoms with van der Waals surface area (Å²) in [5.74, 6) is 0.765. The zero-order chi connectivity index (χ0) is 38.0. The van der Waals surface area contributed by atoms with Crippen molar-refractivity contribution in [2.45, 2.75) is 128 Å². The van der Waals surface area contributed by atoms with Crippen LogP contribution in [0, 0.1) is 43.3 Å². The van der Waals surface area contributed by atoms with Gasteiger partial charge in [-0.15, -0.1) is 46.4 Å². The van der Waals surface area contributed by atoms with Crippen LogP contribution in [-0.4, -0.2) is 40.0 Å². The minimum absolute atomic E-state index is 0.191. The van der Waals surface area contributed by atoms with Crippen LogP contribution < -0.4 is 0 Å². The summed E-state index contributed by atoms with van der Waals surface area (Å²) >= 11 is 27.3. The lowest BCUT2D eigenvalue weighted by molar-refractivity contribution is -0.153. The van der Waals surface area contributed by atoms with Gasteiger partial charge in [-0.3, -0.25) is 19.2 Å². The summed E-state index contributed by atoms with van der Waals surface area (Å²) in [5, 5.41) is 0. The van der Waals surface area contributed by atoms with E-state index < -0.39 is 60.1 Å². The van der Waals surface area contributed by atoms with E-state index in [0.717, 1.165) is 0 Å². The summed E-state index contributed by atoms with van der Waals surface area (Å²) in [5.41, 5.74) is -4.52. The molecule has 0 aliphatic heterocycles. The molecule has 4 saturated carbocycles. The van der Waals surface area contributed by atoms with Gasteiger partial charge in [0, 0.05) is 0 Å². The van der Waals surface area contributed by atoms with Gasteiger partial charge in [-0.2, -0.15) is 0 Å². The van der Waals surface area contributed by atoms with Gasteiger partial charge in [0.25, 0.3) is 0 Å². The van der Waals surface area contributed by atoms with Crippen molar-refractivity contribution in [3.63, 3.8) is 0 Å². The zero-order valence-corrected chi connectivity index (χ0v) is 40.0. The largest absolute Gasteiger partial charge is 0.298 e. The molecule has 4 nitrogen and oxygen atoms in total. The molecular formula is C32H48Cl4O4S8. The summed E-state index contributed by atoms with van der Waals surface area (Å²) in [4.78, 5) is 49.2. The second kappa shape index (κ2) is 13.1. The number of Topliss-reactive ketones (excluding diaryl/α,β-unsaturated/α-hetero) is 4. The van der Waals surface area contributed by atoms with E-state index in [-0.39, 0.29) is 23.1 Å². The molecule has 0 aromatic heterocycles. The quantitative estimate of drug-likeness (QED) is 0.119. The molecule has 48 heavy (non-hydrogen) atoms. The fourth-order valence-electron chi connectivity index (χ4n) is 8.24. The molecule has 0 radical (unpaired) electrons. The number of hydrogen-bond donors (Lipinski definition) is 0. The highest BCUT2D eigenvalue weighted by Gasteiger charge is 2.76. The van der Waals surface area contributed by atoms with Crippen LogP contribution in [0.4, 0.5) is 0 Å². The maximum atomic E-state index is 12.3. The van der Waals surface area contributed by atoms with Crippen molar-refractivity contribution < 1.29 is 19.2 Å². The van der Waals surface area contributed by atoms with Crippen molar-refractivity contribution >= 4 is 152 Å². The molecule has 0 saturated heterocycles. The highest BCUT2D eigenvalue weighted by atomic mass is 35.5. The van der Waals surface area contributed by atoms with Crippen molar-refractivity contribution in [3.8, 4) is 0 Å². The average Bonchev–Trinajstić information content (AvgIpc) is 2.97. The van der Waals surface area contributed by atoms with E-state index in [2.05, 4.69) is 0 Å². The van der Waals surface area contributed by atoms with Crippen LogP contribution in [-0.2, 0) is 19.2 Å². The summed E-state index contributed by atoms with van der Waals surface area (Å²) in [6, 6.07) is 0. The fourth-order valence-corrected chi connectivity index (χ4v) is 28.4. The molecular weight excluding hydrogens is 847 g/mol. The van der Waals surface area contributed by atoms with Gasteiger partial charge in [0.1, 0.15) is 40.0 Å². The van der Waals surface area contributed by atoms with Crippen molar-refractivity contribution in [2.75, 3.05) is 0 Å². The van der Waals surface area contributed by atoms with E-state index in [1.165, 1.54) is 82.5 Å². The first-order chi connectivity index (χ1) is 21.0. The van der Waals surface area contributed by atoms with Gasteiger partial charge in [-0.05, 0) is 39.3 Å². The lowest BCUT2D eigenvalue weighted by atomic mass is 9.54. The number of rotatable bonds is 10. The molecule has 0 unspecified atom stereocenters. The second-order valence-corrected chi connectivity index (χ2v) is 32.7. The van der Waals surface area contributed by atoms with Gasteiger partial charge >= 0.3 is 0 Å². The molecule has 4 fully saturated rings. The molecule has 0 atom stereocenters. The minimum atomic E-state index is -0.657. The molecule has 4 aliphatic rings. The third-order valence-electron chi connectivity index (χ3n) is 11.6. The van der Waals surface area contributed by atoms with Gasteiger partial charge in [0.2, 0.25) is 0 Å². The van der Waals surface area contributed by atoms with Crippen LogP contribution in [0.15, 0.2) is 0 Å². The zero-order valence-electron chi connectivity index (χ0n) is 30.4. The Bertz CT molecular complexity index is 1130. The molecule has 0 amide bonds. The molecule has 0 N–H and O–H groups in total. The lowest BCUT2D eigenvalue weighted by Crippen LogP contribution is -2.69. The first-order valence-electron chi connectivity index (χ1n) is 15.4. The van der Waals surface area contributed by atoms with Crippen molar-refractivity contribution in [2.24, 2.45) is 43.3 Å². The fraction of sp³-hybridized carbons (Fsp3) is 0.875. The Balaban J connectivity index is 0.000000260. The van der Waals surface area contributed by atoms with Crippen LogP contribution in [0.25, 0.3) is 0 Å². The Hall–Kier alpha value is 2.64. The smallest absolute Gasteiger partial charge is 0.149 e. The van der Waals surface area contributed by atoms with Crippen molar-refractivity contribution in [1.82, 2.24) is 0 Å². The van der Waals surface area contributed by atoms with Crippen LogP contribution in [0.1, 0.15) is 111 Å². The molecule has 4 rings (SSSR count). The molecule has 0 heterocycles. The molecule has 16 heteroatoms. The van der Waals surface area contributed by atoms with Gasteiger partial charge in [0.15, 0.2) is 0 Å². The van der Waals surface area contributed by atoms with Crippen molar-refractivity contribution in [1.29, 1.82) is 0 Å². The topological polar surface area (TPSA) is 68.3 Å². The highest BCUT2D eigenvalue weighted by Crippen LogP contribution is 2.77. The van der Waals surface area contributed by atoms with Crippen LogP contribution in [0.5, 0.6) is 0 Å². The number of alkyl halides is 4. The summed E-state index contributed by atoms with van der Waals surface area (Å²) in [6.45, 7) is 30.4. The Morgan fingerprint density at radius 3 is 0.500 bits per heavy atom. The number of halogens is 4. The third kappa shape index (κ3) is 5.58. The first-order valence-corrected chi connectivity index (χ1v) is 26.5. The predicted octanol–water partition coefficient (Wildman–Crippen LogP) is 13.6. The average molecular weight is 895 g/mol. The first kappa shape index (κ1) is 45.0. The van der Waals surface area contributed by atoms with Gasteiger partial charge in [-0.25, -0.2) is 0 Å². The molecule has 4 aliphatic carbocycles. The summed E-state index contributed by atoms with van der Waals surface area (Å²) in [6.07, 6.45) is 0. The molecule has 0 spiro atoms. The van der Waals surface area contributed by atoms with Crippen LogP contribution >= 0.6 is 129 Å². The Morgan fingerprint density at radius 2 is 0.396 bits per heavy atom. The van der Waals surface area contributed by atoms with Gasteiger partial charge in [0.05, 0.1) is 43.3 Å². The van der Waals surface area contributed by atoms with Crippen LogP contribution in [0.2, 0.25) is 0 Å². The number of carbonyl (C=O) groups is 4. The summed E-state index contributed by atoms with van der Waals surface area (Å²) in [7, 11) is 12.2. The maximum absolute atomic E-state index is 12.3. The molecule has 0 aromatic carbocycles. The van der Waals surface area contributed by atoms with E-state index in [9.17, 15) is 19.2 Å². The number of hydrogen-bond acceptors (Lipinski definition) is 12. The molecule has 276 valence electrons. The standard InChI is InChI=1S/2C16H24Cl2O2S4/c2*1-11(2)9(19)12(3,4)15(11,17)21-23-24-22-16(18)13(5,6)10(20)14(16,7)8/h2*1-8H3. The Labute approximate surface area is 338 Å². The minimum Gasteiger partial charge on any atom is -0.298 e.